The van der Waals surface area contributed by atoms with Crippen molar-refractivity contribution < 1.29 is 9.53 Å². The average Bonchev–Trinajstić information content (AvgIpc) is 3.12. The van der Waals surface area contributed by atoms with E-state index < -0.39 is 0 Å². The molecule has 2 nitrogen and oxygen atoms in total. The molecule has 4 rings (SSSR count). The van der Waals surface area contributed by atoms with E-state index in [1.165, 1.54) is 64.2 Å². The first-order chi connectivity index (χ1) is 11.8. The van der Waals surface area contributed by atoms with Crippen LogP contribution in [0.15, 0.2) is 12.2 Å². The Balaban J connectivity index is 1.26. The van der Waals surface area contributed by atoms with Crippen LogP contribution in [0.2, 0.25) is 0 Å². The highest BCUT2D eigenvalue weighted by molar-refractivity contribution is 5.73. The first-order valence-corrected chi connectivity index (χ1v) is 10.7. The minimum atomic E-state index is 0.123. The van der Waals surface area contributed by atoms with Crippen LogP contribution in [0.4, 0.5) is 0 Å². The molecular weight excluding hydrogens is 296 g/mol. The van der Waals surface area contributed by atoms with E-state index in [2.05, 4.69) is 12.2 Å². The number of carbonyl (C=O) groups is 1. The largest absolute Gasteiger partial charge is 0.462 e. The molecule has 0 aromatic rings. The van der Waals surface area contributed by atoms with E-state index in [1.807, 2.05) is 0 Å². The Morgan fingerprint density at radius 1 is 0.792 bits per heavy atom. The SMILES string of the molecule is O=C(OC1CCC(C2CCCCC2)CC1)[C@@H]1CC=C[C@@H]2CCC[C@H]21. The fourth-order valence-corrected chi connectivity index (χ4v) is 6.14. The van der Waals surface area contributed by atoms with Crippen LogP contribution in [-0.4, -0.2) is 12.1 Å². The van der Waals surface area contributed by atoms with Gasteiger partial charge in [-0.05, 0) is 68.6 Å². The van der Waals surface area contributed by atoms with Gasteiger partial charge in [-0.1, -0.05) is 50.7 Å². The predicted molar refractivity (Wildman–Crippen MR) is 96.5 cm³/mol. The van der Waals surface area contributed by atoms with Crippen LogP contribution in [-0.2, 0) is 9.53 Å². The summed E-state index contributed by atoms with van der Waals surface area (Å²) in [7, 11) is 0. The van der Waals surface area contributed by atoms with E-state index in [0.717, 1.165) is 31.1 Å². The molecule has 0 radical (unpaired) electrons. The fraction of sp³-hybridized carbons (Fsp3) is 0.864. The average molecular weight is 331 g/mol. The standard InChI is InChI=1S/C22H34O2/c23-22(21-11-5-9-18-8-4-10-20(18)21)24-19-14-12-17(13-15-19)16-6-2-1-3-7-16/h5,9,16-21H,1-4,6-8,10-15H2/t17?,18-,19?,20+,21+/m0/s1. The lowest BCUT2D eigenvalue weighted by molar-refractivity contribution is -0.158. The third kappa shape index (κ3) is 3.58. The lowest BCUT2D eigenvalue weighted by Crippen LogP contribution is -2.34. The molecule has 0 aliphatic heterocycles. The summed E-state index contributed by atoms with van der Waals surface area (Å²) in [4.78, 5) is 12.7. The Bertz CT molecular complexity index is 455. The number of fused-ring (bicyclic) bond motifs is 1. The van der Waals surface area contributed by atoms with Crippen LogP contribution < -0.4 is 0 Å². The number of carbonyl (C=O) groups excluding carboxylic acids is 1. The van der Waals surface area contributed by atoms with Gasteiger partial charge in [0.2, 0.25) is 0 Å². The number of esters is 1. The third-order valence-corrected chi connectivity index (χ3v) is 7.54. The van der Waals surface area contributed by atoms with Crippen LogP contribution in [0, 0.1) is 29.6 Å². The molecule has 0 aromatic carbocycles. The Morgan fingerprint density at radius 2 is 1.54 bits per heavy atom. The molecule has 0 spiro atoms. The molecule has 3 saturated carbocycles. The fourth-order valence-electron chi connectivity index (χ4n) is 6.14. The van der Waals surface area contributed by atoms with Gasteiger partial charge in [0.05, 0.1) is 5.92 Å². The Labute approximate surface area is 147 Å². The van der Waals surface area contributed by atoms with Gasteiger partial charge < -0.3 is 4.74 Å². The highest BCUT2D eigenvalue weighted by atomic mass is 16.5. The van der Waals surface area contributed by atoms with E-state index in [9.17, 15) is 4.79 Å². The summed E-state index contributed by atoms with van der Waals surface area (Å²) >= 11 is 0. The molecule has 0 aromatic heterocycles. The van der Waals surface area contributed by atoms with E-state index in [-0.39, 0.29) is 18.0 Å². The first kappa shape index (κ1) is 16.7. The normalized spacial score (nSPS) is 40.2. The minimum absolute atomic E-state index is 0.123. The second kappa shape index (κ2) is 7.62. The molecule has 134 valence electrons. The summed E-state index contributed by atoms with van der Waals surface area (Å²) in [6.07, 6.45) is 21.5. The van der Waals surface area contributed by atoms with E-state index in [0.29, 0.717) is 11.8 Å². The Morgan fingerprint density at radius 3 is 2.33 bits per heavy atom. The van der Waals surface area contributed by atoms with Crippen molar-refractivity contribution in [1.29, 1.82) is 0 Å². The highest BCUT2D eigenvalue weighted by Crippen LogP contribution is 2.43. The first-order valence-electron chi connectivity index (χ1n) is 10.7. The molecule has 3 fully saturated rings. The highest BCUT2D eigenvalue weighted by Gasteiger charge is 2.40. The van der Waals surface area contributed by atoms with Gasteiger partial charge in [-0.3, -0.25) is 4.79 Å². The number of ether oxygens (including phenoxy) is 1. The van der Waals surface area contributed by atoms with E-state index in [4.69, 9.17) is 4.74 Å². The summed E-state index contributed by atoms with van der Waals surface area (Å²) in [5.74, 6) is 3.38. The monoisotopic (exact) mass is 330 g/mol. The zero-order valence-corrected chi connectivity index (χ0v) is 15.1. The molecule has 0 heterocycles. The van der Waals surface area contributed by atoms with Crippen LogP contribution in [0.3, 0.4) is 0 Å². The van der Waals surface area contributed by atoms with E-state index >= 15 is 0 Å². The molecule has 3 atom stereocenters. The van der Waals surface area contributed by atoms with Gasteiger partial charge in [-0.25, -0.2) is 0 Å². The van der Waals surface area contributed by atoms with Gasteiger partial charge in [-0.2, -0.15) is 0 Å². The second-order valence-corrected chi connectivity index (χ2v) is 8.90. The number of hydrogen-bond acceptors (Lipinski definition) is 2. The third-order valence-electron chi connectivity index (χ3n) is 7.54. The maximum absolute atomic E-state index is 12.7. The van der Waals surface area contributed by atoms with Crippen molar-refractivity contribution in [3.05, 3.63) is 12.2 Å². The molecule has 0 saturated heterocycles. The lowest BCUT2D eigenvalue weighted by Gasteiger charge is -2.36. The topological polar surface area (TPSA) is 26.3 Å². The van der Waals surface area contributed by atoms with Crippen LogP contribution in [0.5, 0.6) is 0 Å². The lowest BCUT2D eigenvalue weighted by atomic mass is 9.73. The molecular formula is C22H34O2. The van der Waals surface area contributed by atoms with Crippen molar-refractivity contribution >= 4 is 5.97 Å². The van der Waals surface area contributed by atoms with Gasteiger partial charge in [-0.15, -0.1) is 0 Å². The molecule has 0 unspecified atom stereocenters. The number of rotatable bonds is 3. The van der Waals surface area contributed by atoms with Gasteiger partial charge in [0.1, 0.15) is 6.10 Å². The molecule has 0 N–H and O–H groups in total. The maximum Gasteiger partial charge on any atom is 0.309 e. The van der Waals surface area contributed by atoms with Gasteiger partial charge in [0.15, 0.2) is 0 Å². The smallest absolute Gasteiger partial charge is 0.309 e. The maximum atomic E-state index is 12.7. The summed E-state index contributed by atoms with van der Waals surface area (Å²) in [5, 5.41) is 0. The summed E-state index contributed by atoms with van der Waals surface area (Å²) < 4.78 is 6.00. The van der Waals surface area contributed by atoms with Crippen LogP contribution >= 0.6 is 0 Å². The predicted octanol–water partition coefficient (Wildman–Crippen LogP) is 5.66. The number of hydrogen-bond donors (Lipinski definition) is 0. The van der Waals surface area contributed by atoms with Crippen molar-refractivity contribution in [3.8, 4) is 0 Å². The zero-order valence-electron chi connectivity index (χ0n) is 15.1. The molecule has 4 aliphatic carbocycles. The molecule has 0 amide bonds. The quantitative estimate of drug-likeness (QED) is 0.493. The van der Waals surface area contributed by atoms with Crippen LogP contribution in [0.25, 0.3) is 0 Å². The molecule has 24 heavy (non-hydrogen) atoms. The summed E-state index contributed by atoms with van der Waals surface area (Å²) in [6.45, 7) is 0. The van der Waals surface area contributed by atoms with Crippen molar-refractivity contribution in [1.82, 2.24) is 0 Å². The summed E-state index contributed by atoms with van der Waals surface area (Å²) in [5.41, 5.74) is 0. The minimum Gasteiger partial charge on any atom is -0.462 e. The molecule has 0 bridgehead atoms. The van der Waals surface area contributed by atoms with Crippen molar-refractivity contribution in [2.24, 2.45) is 29.6 Å². The Kier molecular flexibility index (Phi) is 5.29. The summed E-state index contributed by atoms with van der Waals surface area (Å²) in [6, 6.07) is 0. The second-order valence-electron chi connectivity index (χ2n) is 8.90. The zero-order chi connectivity index (χ0) is 16.4. The van der Waals surface area contributed by atoms with Gasteiger partial charge in [0, 0.05) is 0 Å². The molecule has 4 aliphatic rings. The van der Waals surface area contributed by atoms with Crippen LogP contribution in [0.1, 0.15) is 83.5 Å². The number of allylic oxidation sites excluding steroid dienone is 2. The van der Waals surface area contributed by atoms with Crippen molar-refractivity contribution in [2.45, 2.75) is 89.6 Å². The van der Waals surface area contributed by atoms with Crippen molar-refractivity contribution in [3.63, 3.8) is 0 Å². The molecule has 2 heteroatoms. The Hall–Kier alpha value is -0.790. The van der Waals surface area contributed by atoms with Gasteiger partial charge in [0.25, 0.3) is 0 Å². The van der Waals surface area contributed by atoms with Gasteiger partial charge >= 0.3 is 5.97 Å². The van der Waals surface area contributed by atoms with Crippen molar-refractivity contribution in [2.75, 3.05) is 0 Å². The van der Waals surface area contributed by atoms with E-state index in [1.54, 1.807) is 0 Å².